The second kappa shape index (κ2) is 30.1. The third kappa shape index (κ3) is 19.4. The van der Waals surface area contributed by atoms with E-state index < -0.39 is 47.2 Å². The van der Waals surface area contributed by atoms with Crippen LogP contribution in [0.25, 0.3) is 11.3 Å². The molecule has 0 saturated heterocycles. The molecule has 2 unspecified atom stereocenters. The largest absolute Gasteiger partial charge is 0.394 e. The summed E-state index contributed by atoms with van der Waals surface area (Å²) in [6.45, 7) is 9.87. The monoisotopic (exact) mass is 973 g/mol. The van der Waals surface area contributed by atoms with Crippen LogP contribution >= 0.6 is 11.8 Å². The fourth-order valence-corrected chi connectivity index (χ4v) is 8.32. The summed E-state index contributed by atoms with van der Waals surface area (Å²) in [7, 11) is 0. The molecular weight excluding hydrogens is 905 g/mol. The van der Waals surface area contributed by atoms with Crippen LogP contribution in [0.3, 0.4) is 0 Å². The molecule has 0 bridgehead atoms. The van der Waals surface area contributed by atoms with E-state index in [1.807, 2.05) is 39.8 Å². The number of thioether (sulfide) groups is 1. The summed E-state index contributed by atoms with van der Waals surface area (Å²) in [5.74, 6) is -1.12. The number of carbonyl (C=O) groups is 4. The Hall–Kier alpha value is -4.64. The van der Waals surface area contributed by atoms with Crippen LogP contribution in [0.2, 0.25) is 0 Å². The van der Waals surface area contributed by atoms with Crippen molar-refractivity contribution in [2.75, 3.05) is 97.1 Å². The highest BCUT2D eigenvalue weighted by Gasteiger charge is 2.38. The number of rotatable bonds is 34. The first-order valence-electron chi connectivity index (χ1n) is 23.0. The van der Waals surface area contributed by atoms with Crippen LogP contribution in [-0.2, 0) is 44.7 Å². The van der Waals surface area contributed by atoms with E-state index in [4.69, 9.17) is 29.7 Å². The van der Waals surface area contributed by atoms with Crippen LogP contribution in [0, 0.1) is 17.0 Å². The zero-order chi connectivity index (χ0) is 49.3. The van der Waals surface area contributed by atoms with Crippen molar-refractivity contribution in [1.82, 2.24) is 30.0 Å². The standard InChI is InChI=1S/C48H69F2N7O10S/c1-48(2,3)46(47-54-40(38-30-36(49)10-11-39(38)50)32-55(47)31-35-8-5-4-6-9-35)57(19-7-17-51)45(63)34-68-29-16-37(33-58)53-42(60)15-21-64-23-25-66-27-28-67-26-24-65-22-18-52-41(59)14-20-56-43(61)12-13-44(56)62/h4-6,8-13,30,32,37,45-46,58,63H,7,14-29,31,33-34,51H2,1-3H3,(H,52,59)(H,53,60)/t37?,45?,46-/m0/s1. The topological polar surface area (TPSA) is 220 Å². The number of aliphatic hydroxyl groups excluding tert-OH is 2. The number of aromatic nitrogens is 2. The molecular formula is C48H69F2N7O10S. The fraction of sp³-hybridized carbons (Fsp3) is 0.562. The van der Waals surface area contributed by atoms with Gasteiger partial charge >= 0.3 is 0 Å². The molecule has 6 N–H and O–H groups in total. The highest BCUT2D eigenvalue weighted by atomic mass is 32.2. The number of aliphatic hydroxyl groups is 2. The molecule has 1 aliphatic rings. The molecule has 376 valence electrons. The van der Waals surface area contributed by atoms with Crippen molar-refractivity contribution in [2.24, 2.45) is 11.1 Å². The van der Waals surface area contributed by atoms with E-state index in [0.29, 0.717) is 82.8 Å². The number of imidazole rings is 1. The smallest absolute Gasteiger partial charge is 0.253 e. The second-order valence-corrected chi connectivity index (χ2v) is 18.3. The number of imide groups is 1. The lowest BCUT2D eigenvalue weighted by molar-refractivity contribution is -0.137. The first-order valence-corrected chi connectivity index (χ1v) is 24.2. The van der Waals surface area contributed by atoms with Gasteiger partial charge in [-0.1, -0.05) is 51.1 Å². The molecule has 17 nitrogen and oxygen atoms in total. The van der Waals surface area contributed by atoms with Crippen molar-refractivity contribution in [2.45, 2.75) is 71.3 Å². The summed E-state index contributed by atoms with van der Waals surface area (Å²) in [6.07, 6.45) is 4.32. The van der Waals surface area contributed by atoms with Crippen molar-refractivity contribution in [3.63, 3.8) is 0 Å². The second-order valence-electron chi connectivity index (χ2n) is 17.1. The first kappa shape index (κ1) is 56.0. The number of carbonyl (C=O) groups excluding carboxylic acids is 4. The zero-order valence-corrected chi connectivity index (χ0v) is 40.2. The quantitative estimate of drug-likeness (QED) is 0.0329. The van der Waals surface area contributed by atoms with Gasteiger partial charge in [-0.25, -0.2) is 13.8 Å². The molecule has 3 aromatic rings. The van der Waals surface area contributed by atoms with Crippen molar-refractivity contribution in [3.8, 4) is 11.3 Å². The van der Waals surface area contributed by atoms with Gasteiger partial charge in [0, 0.05) is 68.7 Å². The van der Waals surface area contributed by atoms with Crippen LogP contribution in [-0.4, -0.2) is 163 Å². The summed E-state index contributed by atoms with van der Waals surface area (Å²) in [4.78, 5) is 55.5. The molecule has 0 radical (unpaired) electrons. The number of nitrogens with two attached hydrogens (primary N) is 1. The highest BCUT2D eigenvalue weighted by Crippen LogP contribution is 2.40. The van der Waals surface area contributed by atoms with E-state index in [1.54, 1.807) is 6.20 Å². The fourth-order valence-electron chi connectivity index (χ4n) is 7.30. The molecule has 0 spiro atoms. The Bertz CT molecular complexity index is 2020. The summed E-state index contributed by atoms with van der Waals surface area (Å²) in [5, 5.41) is 27.4. The summed E-state index contributed by atoms with van der Waals surface area (Å²) >= 11 is 1.49. The molecule has 3 atom stereocenters. The molecule has 4 rings (SSSR count). The van der Waals surface area contributed by atoms with Crippen LogP contribution in [0.4, 0.5) is 8.78 Å². The van der Waals surface area contributed by atoms with Crippen LogP contribution in [0.15, 0.2) is 66.9 Å². The van der Waals surface area contributed by atoms with Crippen LogP contribution in [0.1, 0.15) is 63.9 Å². The van der Waals surface area contributed by atoms with Gasteiger partial charge in [0.1, 0.15) is 23.7 Å². The van der Waals surface area contributed by atoms with E-state index in [0.717, 1.165) is 28.7 Å². The number of hydrogen-bond donors (Lipinski definition) is 5. The first-order chi connectivity index (χ1) is 32.7. The number of benzene rings is 2. The molecule has 2 aromatic carbocycles. The maximum atomic E-state index is 15.1. The number of halogens is 2. The average Bonchev–Trinajstić information content (AvgIpc) is 3.86. The number of amides is 4. The predicted molar refractivity (Wildman–Crippen MR) is 254 cm³/mol. The van der Waals surface area contributed by atoms with Crippen molar-refractivity contribution >= 4 is 35.4 Å². The molecule has 2 heterocycles. The Morgan fingerprint density at radius 2 is 1.54 bits per heavy atom. The maximum absolute atomic E-state index is 15.1. The van der Waals surface area contributed by atoms with Gasteiger partial charge in [-0.05, 0) is 54.3 Å². The van der Waals surface area contributed by atoms with Crippen LogP contribution < -0.4 is 16.4 Å². The Morgan fingerprint density at radius 3 is 2.18 bits per heavy atom. The Kier molecular flexibility index (Phi) is 24.7. The number of nitrogens with one attached hydrogen (secondary N) is 2. The van der Waals surface area contributed by atoms with Gasteiger partial charge in [-0.2, -0.15) is 11.8 Å². The SMILES string of the molecule is CC(C)(C)[C@H](c1nc(-c2cc(F)ccc2F)cn1Cc1ccccc1)N(CCCN)C(O)CSCCC(CO)NC(=O)CCOCCOCCOCCOCCNC(=O)CCN1C(=O)C=CC1=O. The Balaban J connectivity index is 1.12. The van der Waals surface area contributed by atoms with Gasteiger partial charge < -0.3 is 50.1 Å². The normalized spacial score (nSPS) is 14.2. The van der Waals surface area contributed by atoms with Crippen molar-refractivity contribution in [1.29, 1.82) is 0 Å². The van der Waals surface area contributed by atoms with Gasteiger partial charge in [-0.3, -0.25) is 29.0 Å². The Morgan fingerprint density at radius 1 is 0.897 bits per heavy atom. The van der Waals surface area contributed by atoms with Crippen LogP contribution in [0.5, 0.6) is 0 Å². The molecule has 1 aliphatic heterocycles. The highest BCUT2D eigenvalue weighted by molar-refractivity contribution is 7.99. The third-order valence-electron chi connectivity index (χ3n) is 10.7. The third-order valence-corrected chi connectivity index (χ3v) is 11.7. The minimum absolute atomic E-state index is 0.0182. The minimum Gasteiger partial charge on any atom is -0.394 e. The van der Waals surface area contributed by atoms with Gasteiger partial charge in [0.15, 0.2) is 0 Å². The predicted octanol–water partition coefficient (Wildman–Crippen LogP) is 3.42. The zero-order valence-electron chi connectivity index (χ0n) is 39.4. The number of hydrogen-bond acceptors (Lipinski definition) is 14. The van der Waals surface area contributed by atoms with Gasteiger partial charge in [0.2, 0.25) is 11.8 Å². The molecule has 0 aliphatic carbocycles. The summed E-state index contributed by atoms with van der Waals surface area (Å²) < 4.78 is 53.3. The average molecular weight is 974 g/mol. The van der Waals surface area contributed by atoms with Gasteiger partial charge in [0.25, 0.3) is 11.8 Å². The molecule has 1 aromatic heterocycles. The lowest BCUT2D eigenvalue weighted by Gasteiger charge is -2.42. The van der Waals surface area contributed by atoms with E-state index in [1.165, 1.54) is 23.9 Å². The molecule has 0 saturated carbocycles. The van der Waals surface area contributed by atoms with E-state index in [-0.39, 0.29) is 75.4 Å². The van der Waals surface area contributed by atoms with Crippen molar-refractivity contribution < 1.29 is 57.1 Å². The number of nitrogens with zero attached hydrogens (tertiary/aromatic N) is 4. The summed E-state index contributed by atoms with van der Waals surface area (Å²) in [5.41, 5.74) is 6.82. The summed E-state index contributed by atoms with van der Waals surface area (Å²) in [6, 6.07) is 12.1. The molecule has 0 fully saturated rings. The maximum Gasteiger partial charge on any atom is 0.253 e. The lowest BCUT2D eigenvalue weighted by atomic mass is 9.84. The molecule has 20 heteroatoms. The van der Waals surface area contributed by atoms with Gasteiger partial charge in [0.05, 0.1) is 77.2 Å². The minimum atomic E-state index is -0.942. The lowest BCUT2D eigenvalue weighted by Crippen LogP contribution is -2.47. The van der Waals surface area contributed by atoms with Gasteiger partial charge in [-0.15, -0.1) is 0 Å². The Labute approximate surface area is 402 Å². The molecule has 4 amide bonds. The van der Waals surface area contributed by atoms with E-state index in [2.05, 4.69) is 31.4 Å². The van der Waals surface area contributed by atoms with E-state index >= 15 is 4.39 Å². The van der Waals surface area contributed by atoms with Crippen molar-refractivity contribution in [3.05, 3.63) is 89.9 Å². The molecule has 68 heavy (non-hydrogen) atoms. The van der Waals surface area contributed by atoms with E-state index in [9.17, 15) is 33.8 Å². The number of ether oxygens (including phenoxy) is 4.